The van der Waals surface area contributed by atoms with Gasteiger partial charge in [0.25, 0.3) is 0 Å². The first-order valence-electron chi connectivity index (χ1n) is 10.4. The van der Waals surface area contributed by atoms with Crippen LogP contribution in [0.2, 0.25) is 0 Å². The molecule has 7 heteroatoms. The molecule has 1 amide bonds. The first-order valence-corrected chi connectivity index (χ1v) is 11.8. The number of rotatable bonds is 10. The second kappa shape index (κ2) is 10.7. The maximum Gasteiger partial charge on any atom is 0.243 e. The fourth-order valence-corrected chi connectivity index (χ4v) is 4.75. The highest BCUT2D eigenvalue weighted by Gasteiger charge is 2.22. The number of carbonyl (C=O) groups is 1. The fraction of sp³-hybridized carbons (Fsp3) is 0.435. The predicted octanol–water partition coefficient (Wildman–Crippen LogP) is 3.59. The minimum Gasteiger partial charge on any atom is -0.338 e. The topological polar surface area (TPSA) is 69.7 Å². The van der Waals surface area contributed by atoms with E-state index >= 15 is 0 Å². The van der Waals surface area contributed by atoms with Crippen LogP contribution < -0.4 is 5.32 Å². The summed E-state index contributed by atoms with van der Waals surface area (Å²) in [6.07, 6.45) is 0. The van der Waals surface area contributed by atoms with E-state index in [1.54, 1.807) is 36.2 Å². The number of amides is 1. The second-order valence-corrected chi connectivity index (χ2v) is 9.29. The molecule has 6 nitrogen and oxygen atoms in total. The summed E-state index contributed by atoms with van der Waals surface area (Å²) >= 11 is 0. The molecule has 2 aromatic carbocycles. The van der Waals surface area contributed by atoms with E-state index in [9.17, 15) is 13.2 Å². The van der Waals surface area contributed by atoms with Crippen LogP contribution in [0, 0.1) is 0 Å². The van der Waals surface area contributed by atoms with Crippen LogP contribution >= 0.6 is 0 Å². The van der Waals surface area contributed by atoms with Gasteiger partial charge in [-0.3, -0.25) is 4.79 Å². The standard InChI is InChI=1S/C23H33N3O3S/c1-6-26(7-2)30(28,29)22-15-13-20(14-16-22)18(3)24-17-23(27)25(5)19(4)21-11-9-8-10-12-21/h8-16,18-19,24H,6-7,17H2,1-5H3/t18-,19+/m1/s1. The molecule has 2 atom stereocenters. The summed E-state index contributed by atoms with van der Waals surface area (Å²) in [4.78, 5) is 14.6. The van der Waals surface area contributed by atoms with Crippen molar-refractivity contribution in [1.29, 1.82) is 0 Å². The molecule has 0 aliphatic heterocycles. The van der Waals surface area contributed by atoms with E-state index in [1.807, 2.05) is 58.0 Å². The number of nitrogens with one attached hydrogen (secondary N) is 1. The number of carbonyl (C=O) groups excluding carboxylic acids is 1. The van der Waals surface area contributed by atoms with Crippen LogP contribution in [0.25, 0.3) is 0 Å². The molecule has 0 fully saturated rings. The third kappa shape index (κ3) is 5.68. The van der Waals surface area contributed by atoms with Gasteiger partial charge >= 0.3 is 0 Å². The van der Waals surface area contributed by atoms with Crippen molar-refractivity contribution in [3.63, 3.8) is 0 Å². The number of nitrogens with zero attached hydrogens (tertiary/aromatic N) is 2. The van der Waals surface area contributed by atoms with Gasteiger partial charge in [0.1, 0.15) is 0 Å². The molecule has 0 spiro atoms. The molecule has 0 saturated carbocycles. The van der Waals surface area contributed by atoms with E-state index in [1.165, 1.54) is 4.31 Å². The molecule has 0 heterocycles. The van der Waals surface area contributed by atoms with Crippen molar-refractivity contribution in [1.82, 2.24) is 14.5 Å². The van der Waals surface area contributed by atoms with Crippen LogP contribution in [0.3, 0.4) is 0 Å². The average Bonchev–Trinajstić information content (AvgIpc) is 2.77. The molecule has 0 aliphatic carbocycles. The number of hydrogen-bond acceptors (Lipinski definition) is 4. The molecule has 2 rings (SSSR count). The Morgan fingerprint density at radius 1 is 0.933 bits per heavy atom. The molecule has 0 bridgehead atoms. The Hall–Kier alpha value is -2.22. The highest BCUT2D eigenvalue weighted by molar-refractivity contribution is 7.89. The highest BCUT2D eigenvalue weighted by Crippen LogP contribution is 2.20. The van der Waals surface area contributed by atoms with Crippen molar-refractivity contribution in [2.24, 2.45) is 0 Å². The highest BCUT2D eigenvalue weighted by atomic mass is 32.2. The average molecular weight is 432 g/mol. The van der Waals surface area contributed by atoms with Gasteiger partial charge < -0.3 is 10.2 Å². The summed E-state index contributed by atoms with van der Waals surface area (Å²) < 4.78 is 26.6. The normalized spacial score (nSPS) is 13.8. The van der Waals surface area contributed by atoms with Gasteiger partial charge in [0.05, 0.1) is 17.5 Å². The summed E-state index contributed by atoms with van der Waals surface area (Å²) in [5.41, 5.74) is 2.02. The maximum atomic E-state index is 12.6. The van der Waals surface area contributed by atoms with Gasteiger partial charge in [0.2, 0.25) is 15.9 Å². The van der Waals surface area contributed by atoms with Crippen LogP contribution in [-0.2, 0) is 14.8 Å². The molecule has 0 saturated heterocycles. The molecule has 0 aromatic heterocycles. The predicted molar refractivity (Wildman–Crippen MR) is 121 cm³/mol. The quantitative estimate of drug-likeness (QED) is 0.624. The SMILES string of the molecule is CCN(CC)S(=O)(=O)c1ccc([C@@H](C)NCC(=O)N(C)[C@@H](C)c2ccccc2)cc1. The molecule has 0 aliphatic rings. The zero-order chi connectivity index (χ0) is 22.3. The Morgan fingerprint density at radius 3 is 2.03 bits per heavy atom. The number of benzene rings is 2. The van der Waals surface area contributed by atoms with E-state index in [0.717, 1.165) is 11.1 Å². The van der Waals surface area contributed by atoms with Gasteiger partial charge in [0.15, 0.2) is 0 Å². The minimum atomic E-state index is -3.46. The summed E-state index contributed by atoms with van der Waals surface area (Å²) in [6, 6.07) is 16.7. The third-order valence-corrected chi connectivity index (χ3v) is 7.60. The zero-order valence-electron chi connectivity index (χ0n) is 18.5. The zero-order valence-corrected chi connectivity index (χ0v) is 19.3. The van der Waals surface area contributed by atoms with E-state index in [2.05, 4.69) is 5.32 Å². The Bertz CT molecular complexity index is 910. The van der Waals surface area contributed by atoms with Gasteiger partial charge in [-0.15, -0.1) is 0 Å². The molecule has 2 aromatic rings. The minimum absolute atomic E-state index is 0.000987. The van der Waals surface area contributed by atoms with Crippen LogP contribution in [0.4, 0.5) is 0 Å². The van der Waals surface area contributed by atoms with Gasteiger partial charge in [0, 0.05) is 26.2 Å². The summed E-state index contributed by atoms with van der Waals surface area (Å²) in [5.74, 6) is -0.000987. The van der Waals surface area contributed by atoms with E-state index < -0.39 is 10.0 Å². The third-order valence-electron chi connectivity index (χ3n) is 5.54. The fourth-order valence-electron chi connectivity index (χ4n) is 3.30. The van der Waals surface area contributed by atoms with Gasteiger partial charge in [-0.05, 0) is 37.1 Å². The lowest BCUT2D eigenvalue weighted by Gasteiger charge is -2.26. The number of hydrogen-bond donors (Lipinski definition) is 1. The van der Waals surface area contributed by atoms with E-state index in [0.29, 0.717) is 13.1 Å². The van der Waals surface area contributed by atoms with Gasteiger partial charge in [-0.25, -0.2) is 8.42 Å². The van der Waals surface area contributed by atoms with Gasteiger partial charge in [-0.1, -0.05) is 56.3 Å². The first kappa shape index (κ1) is 24.1. The van der Waals surface area contributed by atoms with Crippen molar-refractivity contribution >= 4 is 15.9 Å². The number of sulfonamides is 1. The Balaban J connectivity index is 1.98. The van der Waals surface area contributed by atoms with Crippen molar-refractivity contribution in [3.05, 3.63) is 65.7 Å². The molecular formula is C23H33N3O3S. The van der Waals surface area contributed by atoms with Crippen molar-refractivity contribution in [2.45, 2.75) is 44.7 Å². The Labute approximate surface area is 180 Å². The summed E-state index contributed by atoms with van der Waals surface area (Å²) in [6.45, 7) is 8.70. The molecule has 30 heavy (non-hydrogen) atoms. The lowest BCUT2D eigenvalue weighted by atomic mass is 10.1. The van der Waals surface area contributed by atoms with Crippen LogP contribution in [0.5, 0.6) is 0 Å². The monoisotopic (exact) mass is 431 g/mol. The lowest BCUT2D eigenvalue weighted by Crippen LogP contribution is -2.37. The molecule has 0 radical (unpaired) electrons. The van der Waals surface area contributed by atoms with Crippen molar-refractivity contribution in [2.75, 3.05) is 26.7 Å². The van der Waals surface area contributed by atoms with Crippen molar-refractivity contribution < 1.29 is 13.2 Å². The molecule has 1 N–H and O–H groups in total. The van der Waals surface area contributed by atoms with Crippen LogP contribution in [-0.4, -0.2) is 50.2 Å². The largest absolute Gasteiger partial charge is 0.338 e. The lowest BCUT2D eigenvalue weighted by molar-refractivity contribution is -0.131. The van der Waals surface area contributed by atoms with Crippen LogP contribution in [0.15, 0.2) is 59.5 Å². The van der Waals surface area contributed by atoms with Crippen molar-refractivity contribution in [3.8, 4) is 0 Å². The molecule has 164 valence electrons. The van der Waals surface area contributed by atoms with E-state index in [4.69, 9.17) is 0 Å². The van der Waals surface area contributed by atoms with Crippen LogP contribution in [0.1, 0.15) is 50.9 Å². The second-order valence-electron chi connectivity index (χ2n) is 7.35. The summed E-state index contributed by atoms with van der Waals surface area (Å²) in [5, 5.41) is 3.24. The molecule has 0 unspecified atom stereocenters. The first-order chi connectivity index (χ1) is 14.2. The summed E-state index contributed by atoms with van der Waals surface area (Å²) in [7, 11) is -1.66. The Morgan fingerprint density at radius 2 is 1.50 bits per heavy atom. The maximum absolute atomic E-state index is 12.6. The molecular weight excluding hydrogens is 398 g/mol. The van der Waals surface area contributed by atoms with E-state index in [-0.39, 0.29) is 29.4 Å². The van der Waals surface area contributed by atoms with Gasteiger partial charge in [-0.2, -0.15) is 4.31 Å². The Kier molecular flexibility index (Phi) is 8.58. The smallest absolute Gasteiger partial charge is 0.243 e. The number of likely N-dealkylation sites (N-methyl/N-ethyl adjacent to an activating group) is 1.